The van der Waals surface area contributed by atoms with Crippen molar-refractivity contribution in [2.75, 3.05) is 0 Å². The lowest BCUT2D eigenvalue weighted by Gasteiger charge is -2.25. The summed E-state index contributed by atoms with van der Waals surface area (Å²) in [6.45, 7) is 7.28. The molecule has 0 bridgehead atoms. The Morgan fingerprint density at radius 2 is 2.00 bits per heavy atom. The SMILES string of the molecule is CC1OC(C)(c2ccc(=O)[nH]c2F)OC1(C)C. The zero-order chi connectivity index (χ0) is 12.8. The minimum atomic E-state index is -1.17. The molecule has 0 amide bonds. The van der Waals surface area contributed by atoms with Gasteiger partial charge in [-0.25, -0.2) is 0 Å². The van der Waals surface area contributed by atoms with Crippen molar-refractivity contribution in [2.24, 2.45) is 0 Å². The second kappa shape index (κ2) is 3.65. The van der Waals surface area contributed by atoms with Crippen LogP contribution in [0.5, 0.6) is 0 Å². The van der Waals surface area contributed by atoms with Gasteiger partial charge in [-0.2, -0.15) is 4.39 Å². The maximum atomic E-state index is 13.7. The van der Waals surface area contributed by atoms with Gasteiger partial charge in [0.25, 0.3) is 0 Å². The summed E-state index contributed by atoms with van der Waals surface area (Å²) in [5.41, 5.74) is -0.785. The van der Waals surface area contributed by atoms with Gasteiger partial charge in [-0.3, -0.25) is 9.78 Å². The van der Waals surface area contributed by atoms with Crippen LogP contribution in [-0.4, -0.2) is 16.7 Å². The Labute approximate surface area is 98.8 Å². The Kier molecular flexibility index (Phi) is 2.63. The van der Waals surface area contributed by atoms with E-state index in [9.17, 15) is 9.18 Å². The van der Waals surface area contributed by atoms with E-state index in [1.54, 1.807) is 6.92 Å². The topological polar surface area (TPSA) is 51.3 Å². The highest BCUT2D eigenvalue weighted by atomic mass is 19.1. The first-order valence-electron chi connectivity index (χ1n) is 5.52. The molecular weight excluding hydrogens is 225 g/mol. The molecule has 1 aliphatic rings. The molecule has 1 aliphatic heterocycles. The summed E-state index contributed by atoms with van der Waals surface area (Å²) in [6.07, 6.45) is -0.168. The van der Waals surface area contributed by atoms with E-state index < -0.39 is 22.9 Å². The van der Waals surface area contributed by atoms with Gasteiger partial charge in [0, 0.05) is 6.07 Å². The average molecular weight is 241 g/mol. The molecule has 17 heavy (non-hydrogen) atoms. The monoisotopic (exact) mass is 241 g/mol. The van der Waals surface area contributed by atoms with Crippen molar-refractivity contribution in [2.45, 2.75) is 45.2 Å². The lowest BCUT2D eigenvalue weighted by atomic mass is 10.0. The Balaban J connectivity index is 2.44. The number of aromatic nitrogens is 1. The van der Waals surface area contributed by atoms with Gasteiger partial charge < -0.3 is 9.47 Å². The number of hydrogen-bond acceptors (Lipinski definition) is 3. The van der Waals surface area contributed by atoms with Crippen LogP contribution in [0.4, 0.5) is 4.39 Å². The number of ether oxygens (including phenoxy) is 2. The normalized spacial score (nSPS) is 31.7. The van der Waals surface area contributed by atoms with Crippen molar-refractivity contribution in [3.63, 3.8) is 0 Å². The van der Waals surface area contributed by atoms with Gasteiger partial charge in [0.2, 0.25) is 11.5 Å². The molecule has 5 heteroatoms. The van der Waals surface area contributed by atoms with Crippen molar-refractivity contribution in [1.29, 1.82) is 0 Å². The van der Waals surface area contributed by atoms with E-state index in [0.717, 1.165) is 0 Å². The lowest BCUT2D eigenvalue weighted by Crippen LogP contribution is -2.31. The van der Waals surface area contributed by atoms with E-state index in [4.69, 9.17) is 9.47 Å². The fourth-order valence-corrected chi connectivity index (χ4v) is 2.01. The van der Waals surface area contributed by atoms with Crippen LogP contribution in [0, 0.1) is 5.95 Å². The quantitative estimate of drug-likeness (QED) is 0.764. The molecule has 2 atom stereocenters. The molecule has 1 aromatic rings. The summed E-state index contributed by atoms with van der Waals surface area (Å²) >= 11 is 0. The van der Waals surface area contributed by atoms with Crippen LogP contribution >= 0.6 is 0 Å². The van der Waals surface area contributed by atoms with Gasteiger partial charge in [0.1, 0.15) is 0 Å². The lowest BCUT2D eigenvalue weighted by molar-refractivity contribution is -0.181. The number of nitrogens with one attached hydrogen (secondary N) is 1. The van der Waals surface area contributed by atoms with Gasteiger partial charge in [-0.1, -0.05) is 0 Å². The fourth-order valence-electron chi connectivity index (χ4n) is 2.01. The van der Waals surface area contributed by atoms with Crippen molar-refractivity contribution in [1.82, 2.24) is 4.98 Å². The number of pyridine rings is 1. The van der Waals surface area contributed by atoms with E-state index in [2.05, 4.69) is 4.98 Å². The maximum Gasteiger partial charge on any atom is 0.250 e. The third kappa shape index (κ3) is 2.00. The molecule has 1 aromatic heterocycles. The predicted octanol–water partition coefficient (Wildman–Crippen LogP) is 1.90. The van der Waals surface area contributed by atoms with Gasteiger partial charge in [-0.05, 0) is 33.8 Å². The number of rotatable bonds is 1. The number of H-pyrrole nitrogens is 1. The standard InChI is InChI=1S/C12H16FNO3/c1-7-11(2,3)17-12(4,16-7)8-5-6-9(15)14-10(8)13/h5-7H,1-4H3,(H,14,15). The minimum Gasteiger partial charge on any atom is -0.340 e. The van der Waals surface area contributed by atoms with E-state index >= 15 is 0 Å². The van der Waals surface area contributed by atoms with Gasteiger partial charge in [0.05, 0.1) is 17.3 Å². The molecule has 1 N–H and O–H groups in total. The minimum absolute atomic E-state index is 0.168. The van der Waals surface area contributed by atoms with E-state index in [-0.39, 0.29) is 11.7 Å². The molecule has 1 fully saturated rings. The summed E-state index contributed by atoms with van der Waals surface area (Å²) in [5.74, 6) is -1.89. The molecule has 0 saturated carbocycles. The maximum absolute atomic E-state index is 13.7. The molecular formula is C12H16FNO3. The largest absolute Gasteiger partial charge is 0.340 e. The Morgan fingerprint density at radius 1 is 1.35 bits per heavy atom. The van der Waals surface area contributed by atoms with Crippen molar-refractivity contribution in [3.8, 4) is 0 Å². The van der Waals surface area contributed by atoms with Gasteiger partial charge in [-0.15, -0.1) is 0 Å². The van der Waals surface area contributed by atoms with Gasteiger partial charge in [0.15, 0.2) is 5.79 Å². The molecule has 0 aromatic carbocycles. The molecule has 0 aliphatic carbocycles. The molecule has 2 unspecified atom stereocenters. The van der Waals surface area contributed by atoms with Crippen molar-refractivity contribution >= 4 is 0 Å². The highest BCUT2D eigenvalue weighted by Gasteiger charge is 2.49. The summed E-state index contributed by atoms with van der Waals surface area (Å²) in [7, 11) is 0. The molecule has 2 heterocycles. The summed E-state index contributed by atoms with van der Waals surface area (Å²) in [4.78, 5) is 13.1. The highest BCUT2D eigenvalue weighted by Crippen LogP contribution is 2.42. The number of halogens is 1. The average Bonchev–Trinajstić information content (AvgIpc) is 2.35. The van der Waals surface area contributed by atoms with E-state index in [0.29, 0.717) is 0 Å². The zero-order valence-corrected chi connectivity index (χ0v) is 10.3. The van der Waals surface area contributed by atoms with Crippen LogP contribution in [0.2, 0.25) is 0 Å². The Bertz CT molecular complexity index is 497. The van der Waals surface area contributed by atoms with Gasteiger partial charge >= 0.3 is 0 Å². The Hall–Kier alpha value is -1.20. The van der Waals surface area contributed by atoms with Crippen LogP contribution in [-0.2, 0) is 15.3 Å². The van der Waals surface area contributed by atoms with Crippen LogP contribution in [0.3, 0.4) is 0 Å². The third-order valence-electron chi connectivity index (χ3n) is 3.20. The molecule has 2 rings (SSSR count). The molecule has 0 spiro atoms. The van der Waals surface area contributed by atoms with Crippen molar-refractivity contribution in [3.05, 3.63) is 34.0 Å². The molecule has 0 radical (unpaired) electrons. The smallest absolute Gasteiger partial charge is 0.250 e. The molecule has 94 valence electrons. The van der Waals surface area contributed by atoms with Crippen LogP contribution in [0.25, 0.3) is 0 Å². The van der Waals surface area contributed by atoms with Crippen molar-refractivity contribution < 1.29 is 13.9 Å². The fraction of sp³-hybridized carbons (Fsp3) is 0.583. The third-order valence-corrected chi connectivity index (χ3v) is 3.20. The number of aromatic amines is 1. The molecule has 1 saturated heterocycles. The molecule has 4 nitrogen and oxygen atoms in total. The first-order chi connectivity index (χ1) is 7.74. The highest BCUT2D eigenvalue weighted by molar-refractivity contribution is 5.18. The number of hydrogen-bond donors (Lipinski definition) is 1. The first-order valence-corrected chi connectivity index (χ1v) is 5.52. The van der Waals surface area contributed by atoms with E-state index in [1.807, 2.05) is 20.8 Å². The summed E-state index contributed by atoms with van der Waals surface area (Å²) in [5, 5.41) is 0. The van der Waals surface area contributed by atoms with Crippen LogP contribution in [0.1, 0.15) is 33.3 Å². The second-order valence-electron chi connectivity index (χ2n) is 4.96. The summed E-state index contributed by atoms with van der Waals surface area (Å²) in [6, 6.07) is 2.65. The second-order valence-corrected chi connectivity index (χ2v) is 4.96. The van der Waals surface area contributed by atoms with Crippen LogP contribution < -0.4 is 5.56 Å². The zero-order valence-electron chi connectivity index (χ0n) is 10.3. The summed E-state index contributed by atoms with van der Waals surface area (Å²) < 4.78 is 25.2. The van der Waals surface area contributed by atoms with E-state index in [1.165, 1.54) is 12.1 Å². The Morgan fingerprint density at radius 3 is 2.47 bits per heavy atom. The predicted molar refractivity (Wildman–Crippen MR) is 60.1 cm³/mol. The first kappa shape index (κ1) is 12.3. The van der Waals surface area contributed by atoms with Crippen LogP contribution in [0.15, 0.2) is 16.9 Å².